The molecule has 0 aromatic heterocycles. The Hall–Kier alpha value is -1.25. The Labute approximate surface area is 124 Å². The van der Waals surface area contributed by atoms with Crippen LogP contribution in [0.2, 0.25) is 0 Å². The molecule has 0 atom stereocenters. The van der Waals surface area contributed by atoms with Gasteiger partial charge in [0.15, 0.2) is 9.84 Å². The first-order chi connectivity index (χ1) is 9.36. The monoisotopic (exact) mass is 318 g/mol. The second-order valence-corrected chi connectivity index (χ2v) is 7.29. The van der Waals surface area contributed by atoms with Crippen LogP contribution in [0.5, 0.6) is 5.75 Å². The molecule has 3 nitrogen and oxygen atoms in total. The van der Waals surface area contributed by atoms with Crippen molar-refractivity contribution in [1.29, 1.82) is 0 Å². The number of rotatable bonds is 5. The average molecular weight is 319 g/mol. The van der Waals surface area contributed by atoms with E-state index >= 15 is 0 Å². The summed E-state index contributed by atoms with van der Waals surface area (Å²) in [6.07, 6.45) is 0. The molecule has 0 fully saturated rings. The third-order valence-corrected chi connectivity index (χ3v) is 4.89. The quantitative estimate of drug-likeness (QED) is 0.619. The second-order valence-electron chi connectivity index (χ2n) is 4.34. The average Bonchev–Trinajstić information content (AvgIpc) is 2.37. The van der Waals surface area contributed by atoms with E-state index in [0.717, 1.165) is 0 Å². The molecule has 0 bridgehead atoms. The highest BCUT2D eigenvalue weighted by Gasteiger charge is 2.15. The Morgan fingerprint density at radius 3 is 2.65 bits per heavy atom. The summed E-state index contributed by atoms with van der Waals surface area (Å²) < 4.78 is 42.0. The van der Waals surface area contributed by atoms with Gasteiger partial charge < -0.3 is 4.74 Å². The maximum atomic E-state index is 13.6. The van der Waals surface area contributed by atoms with Crippen LogP contribution in [0.1, 0.15) is 19.4 Å². The summed E-state index contributed by atoms with van der Waals surface area (Å²) in [5, 5.41) is -0.448. The zero-order valence-electron chi connectivity index (χ0n) is 11.3. The lowest BCUT2D eigenvalue weighted by Crippen LogP contribution is -2.22. The van der Waals surface area contributed by atoms with E-state index in [0.29, 0.717) is 0 Å². The number of sulfone groups is 1. The molecule has 0 saturated heterocycles. The van der Waals surface area contributed by atoms with Crippen molar-refractivity contribution in [3.63, 3.8) is 0 Å². The van der Waals surface area contributed by atoms with Crippen LogP contribution in [0.15, 0.2) is 18.2 Å². The molecular weight excluding hydrogens is 303 g/mol. The molecule has 0 amide bonds. The first-order valence-electron chi connectivity index (χ1n) is 6.05. The van der Waals surface area contributed by atoms with E-state index in [9.17, 15) is 12.8 Å². The van der Waals surface area contributed by atoms with Crippen molar-refractivity contribution < 1.29 is 17.5 Å². The van der Waals surface area contributed by atoms with Crippen LogP contribution in [0.4, 0.5) is 4.39 Å². The lowest BCUT2D eigenvalue weighted by atomic mass is 10.2. The standard InChI is InChI=1S/C14H16ClFO3S/c1-11(2)20(17,18)9-8-19-13-6-5-12(4-3-7-15)14(16)10-13/h5-6,10-11H,7-9H2,1-2H3. The summed E-state index contributed by atoms with van der Waals surface area (Å²) in [5.74, 6) is 4.92. The molecule has 0 aliphatic rings. The number of benzene rings is 1. The van der Waals surface area contributed by atoms with E-state index in [2.05, 4.69) is 11.8 Å². The first-order valence-corrected chi connectivity index (χ1v) is 8.30. The number of ether oxygens (including phenoxy) is 1. The van der Waals surface area contributed by atoms with Gasteiger partial charge >= 0.3 is 0 Å². The Balaban J connectivity index is 2.65. The van der Waals surface area contributed by atoms with Crippen LogP contribution in [-0.4, -0.2) is 31.9 Å². The predicted molar refractivity (Wildman–Crippen MR) is 78.4 cm³/mol. The molecule has 0 aliphatic heterocycles. The zero-order chi connectivity index (χ0) is 15.2. The van der Waals surface area contributed by atoms with Gasteiger partial charge in [-0.1, -0.05) is 11.8 Å². The van der Waals surface area contributed by atoms with Crippen molar-refractivity contribution in [2.75, 3.05) is 18.2 Å². The summed E-state index contributed by atoms with van der Waals surface area (Å²) in [6.45, 7) is 3.21. The van der Waals surface area contributed by atoms with Crippen LogP contribution in [0.25, 0.3) is 0 Å². The second kappa shape index (κ2) is 7.51. The SMILES string of the molecule is CC(C)S(=O)(=O)CCOc1ccc(C#CCCl)c(F)c1. The van der Waals surface area contributed by atoms with Crippen LogP contribution in [0.3, 0.4) is 0 Å². The lowest BCUT2D eigenvalue weighted by Gasteiger charge is -2.09. The minimum absolute atomic E-state index is 0.00728. The molecule has 1 aromatic rings. The molecule has 0 radical (unpaired) electrons. The molecular formula is C14H16ClFO3S. The number of halogens is 2. The Morgan fingerprint density at radius 2 is 2.10 bits per heavy atom. The summed E-state index contributed by atoms with van der Waals surface area (Å²) in [6, 6.07) is 4.20. The number of hydrogen-bond acceptors (Lipinski definition) is 3. The molecule has 0 aliphatic carbocycles. The minimum Gasteiger partial charge on any atom is -0.492 e. The fourth-order valence-electron chi connectivity index (χ4n) is 1.33. The third-order valence-electron chi connectivity index (χ3n) is 2.59. The van der Waals surface area contributed by atoms with E-state index in [1.807, 2.05) is 0 Å². The van der Waals surface area contributed by atoms with Crippen LogP contribution >= 0.6 is 11.6 Å². The van der Waals surface area contributed by atoms with E-state index in [1.54, 1.807) is 19.9 Å². The normalized spacial score (nSPS) is 11.1. The fourth-order valence-corrected chi connectivity index (χ4v) is 2.18. The highest BCUT2D eigenvalue weighted by Crippen LogP contribution is 2.16. The Bertz CT molecular complexity index is 615. The predicted octanol–water partition coefficient (Wildman–Crippen LogP) is 2.62. The topological polar surface area (TPSA) is 43.4 Å². The maximum absolute atomic E-state index is 13.6. The lowest BCUT2D eigenvalue weighted by molar-refractivity contribution is 0.338. The summed E-state index contributed by atoms with van der Waals surface area (Å²) in [4.78, 5) is 0. The molecule has 110 valence electrons. The van der Waals surface area contributed by atoms with E-state index < -0.39 is 20.9 Å². The number of alkyl halides is 1. The first kappa shape index (κ1) is 16.8. The van der Waals surface area contributed by atoms with Gasteiger partial charge in [-0.2, -0.15) is 0 Å². The zero-order valence-corrected chi connectivity index (χ0v) is 12.9. The van der Waals surface area contributed by atoms with Gasteiger partial charge in [0.2, 0.25) is 0 Å². The highest BCUT2D eigenvalue weighted by molar-refractivity contribution is 7.91. The van der Waals surface area contributed by atoms with E-state index in [1.165, 1.54) is 12.1 Å². The minimum atomic E-state index is -3.15. The van der Waals surface area contributed by atoms with Crippen molar-refractivity contribution in [2.24, 2.45) is 0 Å². The molecule has 0 N–H and O–H groups in total. The van der Waals surface area contributed by atoms with Crippen molar-refractivity contribution in [3.05, 3.63) is 29.6 Å². The molecule has 20 heavy (non-hydrogen) atoms. The molecule has 0 unspecified atom stereocenters. The third kappa shape index (κ3) is 5.03. The van der Waals surface area contributed by atoms with Crippen LogP contribution < -0.4 is 4.74 Å². The van der Waals surface area contributed by atoms with Gasteiger partial charge in [-0.3, -0.25) is 0 Å². The van der Waals surface area contributed by atoms with Gasteiger partial charge in [-0.05, 0) is 26.0 Å². The van der Waals surface area contributed by atoms with Crippen molar-refractivity contribution >= 4 is 21.4 Å². The highest BCUT2D eigenvalue weighted by atomic mass is 35.5. The van der Waals surface area contributed by atoms with Gasteiger partial charge in [0.25, 0.3) is 0 Å². The van der Waals surface area contributed by atoms with E-state index in [4.69, 9.17) is 16.3 Å². The Morgan fingerprint density at radius 1 is 1.40 bits per heavy atom. The molecule has 0 saturated carbocycles. The molecule has 6 heteroatoms. The molecule has 1 rings (SSSR count). The van der Waals surface area contributed by atoms with Crippen LogP contribution in [0, 0.1) is 17.7 Å². The van der Waals surface area contributed by atoms with Crippen molar-refractivity contribution in [2.45, 2.75) is 19.1 Å². The summed E-state index contributed by atoms with van der Waals surface area (Å²) in [7, 11) is -3.15. The van der Waals surface area contributed by atoms with Gasteiger partial charge in [-0.25, -0.2) is 12.8 Å². The summed E-state index contributed by atoms with van der Waals surface area (Å²) in [5.41, 5.74) is 0.229. The summed E-state index contributed by atoms with van der Waals surface area (Å²) >= 11 is 5.39. The molecule has 1 aromatic carbocycles. The van der Waals surface area contributed by atoms with E-state index in [-0.39, 0.29) is 29.6 Å². The van der Waals surface area contributed by atoms with Gasteiger partial charge in [-0.15, -0.1) is 11.6 Å². The molecule has 0 heterocycles. The largest absolute Gasteiger partial charge is 0.492 e. The number of hydrogen-bond donors (Lipinski definition) is 0. The van der Waals surface area contributed by atoms with Gasteiger partial charge in [0.1, 0.15) is 18.2 Å². The smallest absolute Gasteiger partial charge is 0.155 e. The van der Waals surface area contributed by atoms with Gasteiger partial charge in [0, 0.05) is 6.07 Å². The maximum Gasteiger partial charge on any atom is 0.155 e. The van der Waals surface area contributed by atoms with Crippen molar-refractivity contribution in [1.82, 2.24) is 0 Å². The fraction of sp³-hybridized carbons (Fsp3) is 0.429. The Kier molecular flexibility index (Phi) is 6.31. The van der Waals surface area contributed by atoms with Gasteiger partial charge in [0.05, 0.1) is 22.4 Å². The van der Waals surface area contributed by atoms with Crippen LogP contribution in [-0.2, 0) is 9.84 Å². The molecule has 0 spiro atoms. The van der Waals surface area contributed by atoms with Crippen molar-refractivity contribution in [3.8, 4) is 17.6 Å².